The van der Waals surface area contributed by atoms with Gasteiger partial charge in [-0.15, -0.1) is 0 Å². The lowest BCUT2D eigenvalue weighted by Gasteiger charge is -2.21. The molecule has 0 aromatic heterocycles. The average molecular weight is 355 g/mol. The Labute approximate surface area is 133 Å². The maximum atomic E-state index is 9.56. The van der Waals surface area contributed by atoms with E-state index < -0.39 is 6.10 Å². The molecule has 2 aromatic rings. The second-order valence-corrected chi connectivity index (χ2v) is 6.19. The van der Waals surface area contributed by atoms with Crippen LogP contribution in [0.1, 0.15) is 24.2 Å². The predicted octanol–water partition coefficient (Wildman–Crippen LogP) is 4.79. The third-order valence-electron chi connectivity index (χ3n) is 3.20. The number of nitrogens with zero attached hydrogens (tertiary/aromatic N) is 1. The van der Waals surface area contributed by atoms with Crippen molar-refractivity contribution in [3.8, 4) is 0 Å². The first kappa shape index (κ1) is 15.4. The highest BCUT2D eigenvalue weighted by Crippen LogP contribution is 2.29. The number of benzene rings is 2. The van der Waals surface area contributed by atoms with Gasteiger partial charge in [-0.05, 0) is 42.3 Å². The first-order chi connectivity index (χ1) is 9.47. The maximum Gasteiger partial charge on any atom is 0.0762 e. The lowest BCUT2D eigenvalue weighted by atomic mass is 10.1. The molecule has 4 heteroatoms. The van der Waals surface area contributed by atoms with Gasteiger partial charge in [-0.1, -0.05) is 45.7 Å². The van der Waals surface area contributed by atoms with Crippen molar-refractivity contribution in [3.63, 3.8) is 0 Å². The van der Waals surface area contributed by atoms with Gasteiger partial charge in [-0.3, -0.25) is 0 Å². The summed E-state index contributed by atoms with van der Waals surface area (Å²) in [5, 5.41) is 10.2. The standard InChI is InChI=1S/C16H17BrClNO/c1-11(20)13-5-8-16(15(18)9-13)19(2)10-12-3-6-14(17)7-4-12/h3-9,11,20H,10H2,1-2H3/t11-/m1/s1. The van der Waals surface area contributed by atoms with Gasteiger partial charge in [0, 0.05) is 18.1 Å². The quantitative estimate of drug-likeness (QED) is 0.853. The molecule has 0 heterocycles. The molecule has 0 unspecified atom stereocenters. The van der Waals surface area contributed by atoms with E-state index in [-0.39, 0.29) is 0 Å². The predicted molar refractivity (Wildman–Crippen MR) is 88.3 cm³/mol. The highest BCUT2D eigenvalue weighted by molar-refractivity contribution is 9.10. The minimum absolute atomic E-state index is 0.502. The van der Waals surface area contributed by atoms with Crippen molar-refractivity contribution in [1.82, 2.24) is 0 Å². The van der Waals surface area contributed by atoms with Crippen molar-refractivity contribution in [3.05, 3.63) is 63.1 Å². The van der Waals surface area contributed by atoms with Gasteiger partial charge in [0.1, 0.15) is 0 Å². The van der Waals surface area contributed by atoms with E-state index in [9.17, 15) is 5.11 Å². The van der Waals surface area contributed by atoms with Crippen LogP contribution >= 0.6 is 27.5 Å². The van der Waals surface area contributed by atoms with E-state index in [1.807, 2.05) is 37.4 Å². The summed E-state index contributed by atoms with van der Waals surface area (Å²) >= 11 is 9.73. The van der Waals surface area contributed by atoms with Crippen molar-refractivity contribution in [1.29, 1.82) is 0 Å². The summed E-state index contributed by atoms with van der Waals surface area (Å²) in [7, 11) is 2.01. The van der Waals surface area contributed by atoms with Crippen molar-refractivity contribution < 1.29 is 5.11 Å². The number of halogens is 2. The first-order valence-electron chi connectivity index (χ1n) is 6.40. The first-order valence-corrected chi connectivity index (χ1v) is 7.57. The summed E-state index contributed by atoms with van der Waals surface area (Å²) in [5.74, 6) is 0. The second kappa shape index (κ2) is 6.61. The zero-order chi connectivity index (χ0) is 14.7. The monoisotopic (exact) mass is 353 g/mol. The smallest absolute Gasteiger partial charge is 0.0762 e. The van der Waals surface area contributed by atoms with Gasteiger partial charge in [0.05, 0.1) is 16.8 Å². The van der Waals surface area contributed by atoms with Gasteiger partial charge < -0.3 is 10.0 Å². The minimum atomic E-state index is -0.502. The van der Waals surface area contributed by atoms with E-state index in [1.54, 1.807) is 6.92 Å². The number of hydrogen-bond acceptors (Lipinski definition) is 2. The molecule has 0 amide bonds. The van der Waals surface area contributed by atoms with Gasteiger partial charge >= 0.3 is 0 Å². The number of aliphatic hydroxyl groups excluding tert-OH is 1. The Morgan fingerprint density at radius 2 is 1.85 bits per heavy atom. The lowest BCUT2D eigenvalue weighted by Crippen LogP contribution is -2.16. The number of rotatable bonds is 4. The summed E-state index contributed by atoms with van der Waals surface area (Å²) in [4.78, 5) is 2.09. The van der Waals surface area contributed by atoms with Crippen LogP contribution in [0.4, 0.5) is 5.69 Å². The Hall–Kier alpha value is -1.03. The van der Waals surface area contributed by atoms with Crippen LogP contribution in [0.5, 0.6) is 0 Å². The van der Waals surface area contributed by atoms with Crippen LogP contribution < -0.4 is 4.90 Å². The zero-order valence-electron chi connectivity index (χ0n) is 11.5. The summed E-state index contributed by atoms with van der Waals surface area (Å²) < 4.78 is 1.07. The molecule has 106 valence electrons. The second-order valence-electron chi connectivity index (χ2n) is 4.87. The number of hydrogen-bond donors (Lipinski definition) is 1. The van der Waals surface area contributed by atoms with Gasteiger partial charge in [-0.25, -0.2) is 0 Å². The topological polar surface area (TPSA) is 23.5 Å². The molecule has 20 heavy (non-hydrogen) atoms. The molecule has 0 radical (unpaired) electrons. The summed E-state index contributed by atoms with van der Waals surface area (Å²) in [6, 6.07) is 13.9. The Morgan fingerprint density at radius 3 is 2.40 bits per heavy atom. The maximum absolute atomic E-state index is 9.56. The van der Waals surface area contributed by atoms with Crippen LogP contribution in [0.15, 0.2) is 46.9 Å². The molecule has 2 aromatic carbocycles. The van der Waals surface area contributed by atoms with Crippen LogP contribution in [0.25, 0.3) is 0 Å². The molecule has 0 fully saturated rings. The Morgan fingerprint density at radius 1 is 1.20 bits per heavy atom. The van der Waals surface area contributed by atoms with Crippen molar-refractivity contribution in [2.75, 3.05) is 11.9 Å². The molecule has 0 spiro atoms. The highest BCUT2D eigenvalue weighted by atomic mass is 79.9. The third-order valence-corrected chi connectivity index (χ3v) is 4.03. The Kier molecular flexibility index (Phi) is 5.08. The van der Waals surface area contributed by atoms with E-state index in [0.29, 0.717) is 5.02 Å². The van der Waals surface area contributed by atoms with E-state index in [0.717, 1.165) is 22.3 Å². The molecular weight excluding hydrogens is 338 g/mol. The Bertz CT molecular complexity index is 584. The summed E-state index contributed by atoms with van der Waals surface area (Å²) in [6.07, 6.45) is -0.502. The molecule has 0 saturated heterocycles. The van der Waals surface area contributed by atoms with Crippen molar-refractivity contribution in [2.24, 2.45) is 0 Å². The fourth-order valence-corrected chi connectivity index (χ4v) is 2.64. The van der Waals surface area contributed by atoms with Crippen LogP contribution in [0.2, 0.25) is 5.02 Å². The van der Waals surface area contributed by atoms with Crippen molar-refractivity contribution >= 4 is 33.2 Å². The Balaban J connectivity index is 2.16. The molecule has 0 aliphatic carbocycles. The lowest BCUT2D eigenvalue weighted by molar-refractivity contribution is 0.199. The summed E-state index contributed by atoms with van der Waals surface area (Å²) in [6.45, 7) is 2.51. The molecule has 0 aliphatic rings. The fourth-order valence-electron chi connectivity index (χ4n) is 2.04. The van der Waals surface area contributed by atoms with Crippen LogP contribution in [0.3, 0.4) is 0 Å². The SMILES string of the molecule is C[C@@H](O)c1ccc(N(C)Cc2ccc(Br)cc2)c(Cl)c1. The fraction of sp³-hybridized carbons (Fsp3) is 0.250. The highest BCUT2D eigenvalue weighted by Gasteiger charge is 2.09. The number of aliphatic hydroxyl groups is 1. The molecule has 0 bridgehead atoms. The average Bonchev–Trinajstić information content (AvgIpc) is 2.41. The van der Waals surface area contributed by atoms with Gasteiger partial charge in [0.25, 0.3) is 0 Å². The third kappa shape index (κ3) is 3.75. The molecule has 0 aliphatic heterocycles. The molecule has 2 rings (SSSR count). The molecule has 0 saturated carbocycles. The normalized spacial score (nSPS) is 12.2. The minimum Gasteiger partial charge on any atom is -0.389 e. The molecule has 1 N–H and O–H groups in total. The van der Waals surface area contributed by atoms with Gasteiger partial charge in [-0.2, -0.15) is 0 Å². The zero-order valence-corrected chi connectivity index (χ0v) is 13.8. The van der Waals surface area contributed by atoms with Gasteiger partial charge in [0.2, 0.25) is 0 Å². The van der Waals surface area contributed by atoms with Crippen LogP contribution in [-0.2, 0) is 6.54 Å². The van der Waals surface area contributed by atoms with Crippen LogP contribution in [0, 0.1) is 0 Å². The van der Waals surface area contributed by atoms with Crippen molar-refractivity contribution in [2.45, 2.75) is 19.6 Å². The van der Waals surface area contributed by atoms with Gasteiger partial charge in [0.15, 0.2) is 0 Å². The van der Waals surface area contributed by atoms with E-state index in [2.05, 4.69) is 33.0 Å². The van der Waals surface area contributed by atoms with E-state index in [1.165, 1.54) is 5.56 Å². The molecule has 2 nitrogen and oxygen atoms in total. The molecule has 1 atom stereocenters. The molecular formula is C16H17BrClNO. The summed E-state index contributed by atoms with van der Waals surface area (Å²) in [5.41, 5.74) is 3.00. The van der Waals surface area contributed by atoms with E-state index >= 15 is 0 Å². The van der Waals surface area contributed by atoms with E-state index in [4.69, 9.17) is 11.6 Å². The number of anilines is 1. The largest absolute Gasteiger partial charge is 0.389 e. The van der Waals surface area contributed by atoms with Crippen LogP contribution in [-0.4, -0.2) is 12.2 Å².